The number of amides is 1. The largest absolute Gasteiger partial charge is 0.379 e. The van der Waals surface area contributed by atoms with Crippen molar-refractivity contribution in [2.24, 2.45) is 17.8 Å². The molecule has 164 valence electrons. The molecule has 0 spiro atoms. The summed E-state index contributed by atoms with van der Waals surface area (Å²) in [6, 6.07) is 9.54. The van der Waals surface area contributed by atoms with E-state index < -0.39 is 0 Å². The molecular formula is C26H38N2O2. The van der Waals surface area contributed by atoms with Gasteiger partial charge in [-0.15, -0.1) is 0 Å². The van der Waals surface area contributed by atoms with E-state index in [0.29, 0.717) is 12.0 Å². The Balaban J connectivity index is 1.26. The lowest BCUT2D eigenvalue weighted by atomic mass is 9.48. The van der Waals surface area contributed by atoms with Crippen LogP contribution in [0.3, 0.4) is 0 Å². The van der Waals surface area contributed by atoms with Gasteiger partial charge in [-0.3, -0.25) is 9.69 Å². The standard InChI is InChI=1S/C26H38N2O2/c1-2-3-24(27-25(29)18-28-8-10-30-11-9-28)22-4-6-23(7-5-22)26-15-19-12-20(16-26)14-21(13-19)17-26/h4-7,19-21,24H,2-3,8-18H2,1H3,(H,27,29). The third-order valence-corrected chi connectivity index (χ3v) is 8.35. The molecule has 6 rings (SSSR count). The zero-order valence-corrected chi connectivity index (χ0v) is 18.6. The van der Waals surface area contributed by atoms with Crippen LogP contribution >= 0.6 is 0 Å². The Hall–Kier alpha value is -1.39. The van der Waals surface area contributed by atoms with Gasteiger partial charge in [0.1, 0.15) is 0 Å². The number of hydrogen-bond donors (Lipinski definition) is 1. The first-order valence-electron chi connectivity index (χ1n) is 12.3. The second kappa shape index (κ2) is 8.63. The Kier molecular flexibility index (Phi) is 5.90. The summed E-state index contributed by atoms with van der Waals surface area (Å²) in [5.41, 5.74) is 3.29. The number of nitrogens with one attached hydrogen (secondary N) is 1. The molecule has 0 aromatic heterocycles. The SMILES string of the molecule is CCCC(NC(=O)CN1CCOCC1)c1ccc(C23CC4CC(CC(C4)C2)C3)cc1. The molecule has 4 aliphatic carbocycles. The first kappa shape index (κ1) is 20.5. The predicted octanol–water partition coefficient (Wildman–Crippen LogP) is 4.44. The molecular weight excluding hydrogens is 372 g/mol. The van der Waals surface area contributed by atoms with Crippen molar-refractivity contribution in [2.75, 3.05) is 32.8 Å². The zero-order valence-electron chi connectivity index (χ0n) is 18.6. The van der Waals surface area contributed by atoms with E-state index in [4.69, 9.17) is 4.74 Å². The van der Waals surface area contributed by atoms with Crippen LogP contribution in [-0.2, 0) is 14.9 Å². The van der Waals surface area contributed by atoms with Crippen LogP contribution in [0.4, 0.5) is 0 Å². The maximum Gasteiger partial charge on any atom is 0.234 e. The molecule has 5 fully saturated rings. The van der Waals surface area contributed by atoms with Crippen molar-refractivity contribution in [3.05, 3.63) is 35.4 Å². The molecule has 1 aromatic carbocycles. The van der Waals surface area contributed by atoms with Gasteiger partial charge in [0.05, 0.1) is 25.8 Å². The number of ether oxygens (including phenoxy) is 1. The first-order chi connectivity index (χ1) is 14.6. The lowest BCUT2D eigenvalue weighted by Gasteiger charge is -2.57. The quantitative estimate of drug-likeness (QED) is 0.722. The van der Waals surface area contributed by atoms with Crippen LogP contribution in [0.1, 0.15) is 75.5 Å². The molecule has 1 saturated heterocycles. The van der Waals surface area contributed by atoms with E-state index in [0.717, 1.165) is 56.9 Å². The molecule has 4 heteroatoms. The molecule has 4 nitrogen and oxygen atoms in total. The molecule has 1 heterocycles. The summed E-state index contributed by atoms with van der Waals surface area (Å²) in [5, 5.41) is 3.31. The third kappa shape index (κ3) is 4.18. The number of nitrogens with zero attached hydrogens (tertiary/aromatic N) is 1. The van der Waals surface area contributed by atoms with Gasteiger partial charge in [0, 0.05) is 13.1 Å². The molecule has 1 N–H and O–H groups in total. The number of carbonyl (C=O) groups is 1. The average molecular weight is 411 g/mol. The van der Waals surface area contributed by atoms with Gasteiger partial charge in [-0.2, -0.15) is 0 Å². The van der Waals surface area contributed by atoms with Crippen LogP contribution in [0.5, 0.6) is 0 Å². The van der Waals surface area contributed by atoms with Crippen LogP contribution in [-0.4, -0.2) is 43.7 Å². The van der Waals surface area contributed by atoms with Crippen molar-refractivity contribution in [3.8, 4) is 0 Å². The molecule has 1 aliphatic heterocycles. The van der Waals surface area contributed by atoms with E-state index >= 15 is 0 Å². The van der Waals surface area contributed by atoms with Gasteiger partial charge in [0.15, 0.2) is 0 Å². The van der Waals surface area contributed by atoms with Crippen molar-refractivity contribution >= 4 is 5.91 Å². The third-order valence-electron chi connectivity index (χ3n) is 8.35. The first-order valence-corrected chi connectivity index (χ1v) is 12.3. The summed E-state index contributed by atoms with van der Waals surface area (Å²) in [4.78, 5) is 14.9. The van der Waals surface area contributed by atoms with Crippen LogP contribution in [0.2, 0.25) is 0 Å². The summed E-state index contributed by atoms with van der Waals surface area (Å²) in [5.74, 6) is 3.07. The van der Waals surface area contributed by atoms with Crippen molar-refractivity contribution < 1.29 is 9.53 Å². The second-order valence-corrected chi connectivity index (χ2v) is 10.6. The monoisotopic (exact) mass is 410 g/mol. The fourth-order valence-electron chi connectivity index (χ4n) is 7.35. The van der Waals surface area contributed by atoms with Gasteiger partial charge < -0.3 is 10.1 Å². The van der Waals surface area contributed by atoms with E-state index in [-0.39, 0.29) is 11.9 Å². The van der Waals surface area contributed by atoms with Crippen molar-refractivity contribution in [2.45, 2.75) is 69.7 Å². The van der Waals surface area contributed by atoms with Gasteiger partial charge in [0.25, 0.3) is 0 Å². The van der Waals surface area contributed by atoms with E-state index in [1.807, 2.05) is 0 Å². The molecule has 30 heavy (non-hydrogen) atoms. The topological polar surface area (TPSA) is 41.6 Å². The van der Waals surface area contributed by atoms with Crippen LogP contribution in [0, 0.1) is 17.8 Å². The highest BCUT2D eigenvalue weighted by Gasteiger charge is 2.51. The summed E-state index contributed by atoms with van der Waals surface area (Å²) in [7, 11) is 0. The molecule has 1 unspecified atom stereocenters. The molecule has 1 amide bonds. The molecule has 1 atom stereocenters. The van der Waals surface area contributed by atoms with Crippen molar-refractivity contribution in [3.63, 3.8) is 0 Å². The van der Waals surface area contributed by atoms with Crippen molar-refractivity contribution in [1.29, 1.82) is 0 Å². The lowest BCUT2D eigenvalue weighted by molar-refractivity contribution is -0.124. The molecule has 1 aromatic rings. The molecule has 5 aliphatic rings. The van der Waals surface area contributed by atoms with Gasteiger partial charge in [-0.05, 0) is 79.2 Å². The predicted molar refractivity (Wildman–Crippen MR) is 119 cm³/mol. The Morgan fingerprint density at radius 2 is 1.67 bits per heavy atom. The minimum absolute atomic E-state index is 0.119. The summed E-state index contributed by atoms with van der Waals surface area (Å²) >= 11 is 0. The van der Waals surface area contributed by atoms with Gasteiger partial charge in [-0.25, -0.2) is 0 Å². The summed E-state index contributed by atoms with van der Waals surface area (Å²) < 4.78 is 5.40. The molecule has 0 radical (unpaired) electrons. The summed E-state index contributed by atoms with van der Waals surface area (Å²) in [6.07, 6.45) is 10.8. The summed E-state index contributed by atoms with van der Waals surface area (Å²) in [6.45, 7) is 5.85. The van der Waals surface area contributed by atoms with Crippen LogP contribution in [0.15, 0.2) is 24.3 Å². The normalized spacial score (nSPS) is 34.1. The lowest BCUT2D eigenvalue weighted by Crippen LogP contribution is -2.48. The van der Waals surface area contributed by atoms with E-state index in [9.17, 15) is 4.79 Å². The van der Waals surface area contributed by atoms with Crippen LogP contribution in [0.25, 0.3) is 0 Å². The minimum Gasteiger partial charge on any atom is -0.379 e. The van der Waals surface area contributed by atoms with E-state index in [1.54, 1.807) is 5.56 Å². The maximum atomic E-state index is 12.7. The number of hydrogen-bond acceptors (Lipinski definition) is 3. The van der Waals surface area contributed by atoms with Gasteiger partial charge in [0.2, 0.25) is 5.91 Å². The highest BCUT2D eigenvalue weighted by molar-refractivity contribution is 5.78. The van der Waals surface area contributed by atoms with E-state index in [1.165, 1.54) is 44.1 Å². The number of morpholine rings is 1. The Labute approximate surface area is 181 Å². The zero-order chi connectivity index (χ0) is 20.6. The maximum absolute atomic E-state index is 12.7. The number of rotatable bonds is 7. The number of benzene rings is 1. The average Bonchev–Trinajstić information content (AvgIpc) is 2.73. The Bertz CT molecular complexity index is 703. The fraction of sp³-hybridized carbons (Fsp3) is 0.731. The van der Waals surface area contributed by atoms with Crippen molar-refractivity contribution in [1.82, 2.24) is 10.2 Å². The van der Waals surface area contributed by atoms with E-state index in [2.05, 4.69) is 41.4 Å². The smallest absolute Gasteiger partial charge is 0.234 e. The Morgan fingerprint density at radius 1 is 1.07 bits per heavy atom. The minimum atomic E-state index is 0.119. The highest BCUT2D eigenvalue weighted by atomic mass is 16.5. The van der Waals surface area contributed by atoms with Gasteiger partial charge >= 0.3 is 0 Å². The second-order valence-electron chi connectivity index (χ2n) is 10.6. The fourth-order valence-corrected chi connectivity index (χ4v) is 7.35. The molecule has 4 bridgehead atoms. The Morgan fingerprint density at radius 3 is 2.23 bits per heavy atom. The van der Waals surface area contributed by atoms with Gasteiger partial charge in [-0.1, -0.05) is 37.6 Å². The molecule has 4 saturated carbocycles. The highest BCUT2D eigenvalue weighted by Crippen LogP contribution is 2.60. The number of carbonyl (C=O) groups excluding carboxylic acids is 1. The van der Waals surface area contributed by atoms with Crippen LogP contribution < -0.4 is 5.32 Å².